The molecular weight excluding hydrogens is 436 g/mol. The van der Waals surface area contributed by atoms with E-state index in [-0.39, 0.29) is 17.5 Å². The molecule has 2 aliphatic rings. The first kappa shape index (κ1) is 21.4. The first-order valence-electron chi connectivity index (χ1n) is 9.71. The molecular formula is C21H20N4O4S2. The molecule has 1 aromatic heterocycles. The number of thioether (sulfide) groups is 1. The average molecular weight is 457 g/mol. The fourth-order valence-electron chi connectivity index (χ4n) is 3.28. The molecule has 4 rings (SSSR count). The summed E-state index contributed by atoms with van der Waals surface area (Å²) < 4.78 is 16.8. The van der Waals surface area contributed by atoms with Crippen molar-refractivity contribution in [1.82, 2.24) is 9.88 Å². The van der Waals surface area contributed by atoms with E-state index in [9.17, 15) is 10.1 Å². The van der Waals surface area contributed by atoms with Gasteiger partial charge in [-0.05, 0) is 24.1 Å². The standard InChI is InChI=1S/C21H20N4O4S2/c1-27-15-4-2-14(3-5-15)6-7-25-19(26)17(31-21(25)30)12-18-23-16(13-22)20(29-18)24-8-10-28-11-9-24/h2-5,12H,6-11H2,1H3/b17-12+. The summed E-state index contributed by atoms with van der Waals surface area (Å²) in [6.07, 6.45) is 2.22. The second-order valence-corrected chi connectivity index (χ2v) is 8.52. The number of carbonyl (C=O) groups excluding carboxylic acids is 1. The minimum absolute atomic E-state index is 0.187. The number of anilines is 1. The normalized spacial score (nSPS) is 18.0. The highest BCUT2D eigenvalue weighted by Crippen LogP contribution is 2.33. The van der Waals surface area contributed by atoms with E-state index in [1.54, 1.807) is 18.1 Å². The third-order valence-electron chi connectivity index (χ3n) is 4.94. The zero-order valence-corrected chi connectivity index (χ0v) is 18.5. The fraction of sp³-hybridized carbons (Fsp3) is 0.333. The van der Waals surface area contributed by atoms with Crippen LogP contribution in [0.25, 0.3) is 6.08 Å². The summed E-state index contributed by atoms with van der Waals surface area (Å²) in [7, 11) is 1.62. The molecule has 1 aromatic carbocycles. The summed E-state index contributed by atoms with van der Waals surface area (Å²) in [5.41, 5.74) is 1.28. The molecule has 8 nitrogen and oxygen atoms in total. The summed E-state index contributed by atoms with van der Waals surface area (Å²) in [6.45, 7) is 2.84. The van der Waals surface area contributed by atoms with Crippen molar-refractivity contribution in [3.8, 4) is 11.8 Å². The Kier molecular flexibility index (Phi) is 6.56. The van der Waals surface area contributed by atoms with Gasteiger partial charge in [0.1, 0.15) is 16.1 Å². The zero-order chi connectivity index (χ0) is 21.8. The third-order valence-corrected chi connectivity index (χ3v) is 6.32. The van der Waals surface area contributed by atoms with Crippen LogP contribution in [0, 0.1) is 11.3 Å². The summed E-state index contributed by atoms with van der Waals surface area (Å²) in [5, 5.41) is 9.41. The number of carbonyl (C=O) groups is 1. The van der Waals surface area contributed by atoms with Gasteiger partial charge in [0, 0.05) is 25.7 Å². The molecule has 0 radical (unpaired) electrons. The van der Waals surface area contributed by atoms with Gasteiger partial charge in [-0.3, -0.25) is 9.69 Å². The molecule has 0 saturated carbocycles. The molecule has 2 aromatic rings. The van der Waals surface area contributed by atoms with Crippen LogP contribution in [-0.4, -0.2) is 60.1 Å². The quantitative estimate of drug-likeness (QED) is 0.480. The summed E-state index contributed by atoms with van der Waals surface area (Å²) >= 11 is 6.61. The topological polar surface area (TPSA) is 91.8 Å². The van der Waals surface area contributed by atoms with E-state index >= 15 is 0 Å². The van der Waals surface area contributed by atoms with E-state index in [1.807, 2.05) is 29.2 Å². The van der Waals surface area contributed by atoms with Crippen molar-refractivity contribution in [2.45, 2.75) is 6.42 Å². The Morgan fingerprint density at radius 1 is 1.32 bits per heavy atom. The van der Waals surface area contributed by atoms with Crippen LogP contribution in [0.15, 0.2) is 33.6 Å². The second-order valence-electron chi connectivity index (χ2n) is 6.85. The van der Waals surface area contributed by atoms with Gasteiger partial charge >= 0.3 is 0 Å². The van der Waals surface area contributed by atoms with Crippen molar-refractivity contribution >= 4 is 46.2 Å². The largest absolute Gasteiger partial charge is 0.497 e. The number of rotatable bonds is 6. The summed E-state index contributed by atoms with van der Waals surface area (Å²) in [4.78, 5) is 21.0. The number of nitrogens with zero attached hydrogens (tertiary/aromatic N) is 4. The summed E-state index contributed by atoms with van der Waals surface area (Å²) in [6, 6.07) is 9.78. The lowest BCUT2D eigenvalue weighted by atomic mass is 10.1. The second kappa shape index (κ2) is 9.51. The Balaban J connectivity index is 1.46. The minimum atomic E-state index is -0.187. The number of oxazole rings is 1. The number of hydrogen-bond donors (Lipinski definition) is 0. The molecule has 0 atom stereocenters. The highest BCUT2D eigenvalue weighted by atomic mass is 32.2. The van der Waals surface area contributed by atoms with Crippen LogP contribution in [0.2, 0.25) is 0 Å². The van der Waals surface area contributed by atoms with Crippen molar-refractivity contribution in [2.24, 2.45) is 0 Å². The molecule has 1 amide bonds. The van der Waals surface area contributed by atoms with Crippen LogP contribution in [-0.2, 0) is 16.0 Å². The molecule has 0 aliphatic carbocycles. The van der Waals surface area contributed by atoms with Crippen LogP contribution in [0.3, 0.4) is 0 Å². The molecule has 2 fully saturated rings. The minimum Gasteiger partial charge on any atom is -0.497 e. The number of thiocarbonyl (C=S) groups is 1. The van der Waals surface area contributed by atoms with Gasteiger partial charge < -0.3 is 18.8 Å². The molecule has 2 saturated heterocycles. The van der Waals surface area contributed by atoms with Crippen molar-refractivity contribution < 1.29 is 18.7 Å². The highest BCUT2D eigenvalue weighted by molar-refractivity contribution is 8.26. The SMILES string of the molecule is COc1ccc(CCN2C(=O)/C(=C\c3nc(C#N)c(N4CCOCC4)o3)SC2=S)cc1. The smallest absolute Gasteiger partial charge is 0.266 e. The van der Waals surface area contributed by atoms with Crippen molar-refractivity contribution in [1.29, 1.82) is 5.26 Å². The number of benzene rings is 1. The Bertz CT molecular complexity index is 1050. The molecule has 31 heavy (non-hydrogen) atoms. The maximum absolute atomic E-state index is 12.9. The van der Waals surface area contributed by atoms with Gasteiger partial charge in [0.15, 0.2) is 0 Å². The highest BCUT2D eigenvalue weighted by Gasteiger charge is 2.32. The van der Waals surface area contributed by atoms with Gasteiger partial charge in [-0.15, -0.1) is 0 Å². The number of methoxy groups -OCH3 is 1. The fourth-order valence-corrected chi connectivity index (χ4v) is 4.55. The van der Waals surface area contributed by atoms with E-state index in [0.717, 1.165) is 11.3 Å². The first-order valence-corrected chi connectivity index (χ1v) is 10.9. The number of amides is 1. The van der Waals surface area contributed by atoms with Gasteiger partial charge in [-0.1, -0.05) is 36.1 Å². The van der Waals surface area contributed by atoms with Crippen LogP contribution < -0.4 is 9.64 Å². The van der Waals surface area contributed by atoms with Crippen molar-refractivity contribution in [3.05, 3.63) is 46.3 Å². The van der Waals surface area contributed by atoms with Crippen molar-refractivity contribution in [2.75, 3.05) is 44.9 Å². The number of morpholine rings is 1. The van der Waals surface area contributed by atoms with E-state index in [2.05, 4.69) is 11.1 Å². The lowest BCUT2D eigenvalue weighted by Gasteiger charge is -2.25. The maximum atomic E-state index is 12.9. The van der Waals surface area contributed by atoms with Crippen molar-refractivity contribution in [3.63, 3.8) is 0 Å². The average Bonchev–Trinajstić information content (AvgIpc) is 3.33. The third kappa shape index (κ3) is 4.74. The molecule has 160 valence electrons. The van der Waals surface area contributed by atoms with E-state index in [4.69, 9.17) is 26.1 Å². The zero-order valence-electron chi connectivity index (χ0n) is 16.9. The molecule has 0 N–H and O–H groups in total. The molecule has 10 heteroatoms. The predicted molar refractivity (Wildman–Crippen MR) is 121 cm³/mol. The Labute approximate surface area is 189 Å². The van der Waals surface area contributed by atoms with Gasteiger partial charge in [-0.25, -0.2) is 0 Å². The number of ether oxygens (including phenoxy) is 2. The van der Waals surface area contributed by atoms with Crippen LogP contribution in [0.1, 0.15) is 17.1 Å². The molecule has 0 bridgehead atoms. The van der Waals surface area contributed by atoms with Crippen LogP contribution in [0.5, 0.6) is 5.75 Å². The van der Waals surface area contributed by atoms with Crippen LogP contribution in [0.4, 0.5) is 5.88 Å². The van der Waals surface area contributed by atoms with E-state index in [1.165, 1.54) is 11.8 Å². The molecule has 2 aliphatic heterocycles. The Hall–Kier alpha value is -2.87. The van der Waals surface area contributed by atoms with Crippen LogP contribution >= 0.6 is 24.0 Å². The first-order chi connectivity index (χ1) is 15.1. The Morgan fingerprint density at radius 2 is 2.06 bits per heavy atom. The Morgan fingerprint density at radius 3 is 2.74 bits per heavy atom. The van der Waals surface area contributed by atoms with Gasteiger partial charge in [-0.2, -0.15) is 10.2 Å². The predicted octanol–water partition coefficient (Wildman–Crippen LogP) is 2.84. The number of hydrogen-bond acceptors (Lipinski definition) is 9. The number of aromatic nitrogens is 1. The maximum Gasteiger partial charge on any atom is 0.266 e. The van der Waals surface area contributed by atoms with Gasteiger partial charge in [0.2, 0.25) is 17.5 Å². The lowest BCUT2D eigenvalue weighted by Crippen LogP contribution is -2.36. The monoisotopic (exact) mass is 456 g/mol. The van der Waals surface area contributed by atoms with E-state index in [0.29, 0.717) is 54.4 Å². The molecule has 3 heterocycles. The lowest BCUT2D eigenvalue weighted by molar-refractivity contribution is -0.122. The van der Waals surface area contributed by atoms with Gasteiger partial charge in [0.05, 0.1) is 25.2 Å². The number of nitriles is 1. The summed E-state index contributed by atoms with van der Waals surface area (Å²) in [5.74, 6) is 1.23. The van der Waals surface area contributed by atoms with E-state index < -0.39 is 0 Å². The molecule has 0 spiro atoms. The van der Waals surface area contributed by atoms with Gasteiger partial charge in [0.25, 0.3) is 5.91 Å². The molecule has 0 unspecified atom stereocenters.